The van der Waals surface area contributed by atoms with Crippen molar-refractivity contribution in [2.24, 2.45) is 0 Å². The van der Waals surface area contributed by atoms with E-state index in [0.717, 1.165) is 0 Å². The van der Waals surface area contributed by atoms with Gasteiger partial charge in [0, 0.05) is 5.02 Å². The molecule has 0 saturated heterocycles. The summed E-state index contributed by atoms with van der Waals surface area (Å²) >= 11 is 5.64. The minimum absolute atomic E-state index is 0.0886. The fourth-order valence-electron chi connectivity index (χ4n) is 1.21. The number of carboxylic acids is 1. The molecule has 4 nitrogen and oxygen atoms in total. The molecule has 0 aliphatic rings. The molecule has 0 aliphatic heterocycles. The Morgan fingerprint density at radius 2 is 1.88 bits per heavy atom. The topological polar surface area (TPSA) is 71.4 Å². The molecule has 0 aliphatic carbocycles. The van der Waals surface area contributed by atoms with E-state index in [2.05, 4.69) is 0 Å². The molecule has 0 bridgehead atoms. The molecule has 1 atom stereocenters. The molecule has 0 spiro atoms. The predicted octanol–water partition coefficient (Wildman–Crippen LogP) is 1.98. The highest BCUT2D eigenvalue weighted by atomic mass is 35.5. The van der Waals surface area contributed by atoms with Crippen molar-refractivity contribution in [1.29, 1.82) is 0 Å². The second-order valence-electron chi connectivity index (χ2n) is 3.41. The quantitative estimate of drug-likeness (QED) is 0.901. The van der Waals surface area contributed by atoms with Gasteiger partial charge in [-0.2, -0.15) is 0 Å². The number of halogens is 1. The normalized spacial score (nSPS) is 13.4. The summed E-state index contributed by atoms with van der Waals surface area (Å²) in [7, 11) is -3.59. The molecule has 0 fully saturated rings. The SMILES string of the molecule is C[C@@H](CC(=O)O)S(=O)(=O)c1ccc(Cl)cc1. The molecule has 1 aromatic carbocycles. The summed E-state index contributed by atoms with van der Waals surface area (Å²) in [6, 6.07) is 5.66. The second-order valence-corrected chi connectivity index (χ2v) is 6.21. The van der Waals surface area contributed by atoms with Crippen LogP contribution in [0.2, 0.25) is 5.02 Å². The minimum Gasteiger partial charge on any atom is -0.481 e. The van der Waals surface area contributed by atoms with Gasteiger partial charge in [0.15, 0.2) is 9.84 Å². The smallest absolute Gasteiger partial charge is 0.304 e. The highest BCUT2D eigenvalue weighted by molar-refractivity contribution is 7.92. The van der Waals surface area contributed by atoms with Crippen LogP contribution in [0.1, 0.15) is 13.3 Å². The van der Waals surface area contributed by atoms with E-state index >= 15 is 0 Å². The van der Waals surface area contributed by atoms with Crippen molar-refractivity contribution in [3.05, 3.63) is 29.3 Å². The van der Waals surface area contributed by atoms with Crippen LogP contribution in [-0.4, -0.2) is 24.7 Å². The fourth-order valence-corrected chi connectivity index (χ4v) is 2.68. The van der Waals surface area contributed by atoms with Crippen LogP contribution in [0.4, 0.5) is 0 Å². The second kappa shape index (κ2) is 4.84. The van der Waals surface area contributed by atoms with Crippen molar-refractivity contribution in [2.75, 3.05) is 0 Å². The van der Waals surface area contributed by atoms with E-state index in [1.54, 1.807) is 0 Å². The van der Waals surface area contributed by atoms with Gasteiger partial charge in [-0.15, -0.1) is 0 Å². The highest BCUT2D eigenvalue weighted by Gasteiger charge is 2.25. The summed E-state index contributed by atoms with van der Waals surface area (Å²) in [6.07, 6.45) is -0.412. The van der Waals surface area contributed by atoms with Gasteiger partial charge in [0.2, 0.25) is 0 Å². The largest absolute Gasteiger partial charge is 0.481 e. The number of sulfone groups is 1. The average molecular weight is 263 g/mol. The lowest BCUT2D eigenvalue weighted by Crippen LogP contribution is -2.21. The number of benzene rings is 1. The van der Waals surface area contributed by atoms with Crippen LogP contribution in [0.5, 0.6) is 0 Å². The van der Waals surface area contributed by atoms with Crippen molar-refractivity contribution >= 4 is 27.4 Å². The third-order valence-corrected chi connectivity index (χ3v) is 4.54. The third-order valence-electron chi connectivity index (χ3n) is 2.13. The van der Waals surface area contributed by atoms with Crippen molar-refractivity contribution in [1.82, 2.24) is 0 Å². The zero-order valence-electron chi connectivity index (χ0n) is 8.55. The Morgan fingerprint density at radius 3 is 2.31 bits per heavy atom. The maximum absolute atomic E-state index is 11.9. The molecular weight excluding hydrogens is 252 g/mol. The number of aliphatic carboxylic acids is 1. The molecule has 0 amide bonds. The fraction of sp³-hybridized carbons (Fsp3) is 0.300. The van der Waals surface area contributed by atoms with Gasteiger partial charge < -0.3 is 5.11 Å². The molecule has 0 heterocycles. The average Bonchev–Trinajstić information content (AvgIpc) is 2.17. The van der Waals surface area contributed by atoms with Crippen LogP contribution in [0, 0.1) is 0 Å². The lowest BCUT2D eigenvalue weighted by Gasteiger charge is -2.10. The Kier molecular flexibility index (Phi) is 3.93. The maximum Gasteiger partial charge on any atom is 0.304 e. The van der Waals surface area contributed by atoms with Gasteiger partial charge in [0.1, 0.15) is 0 Å². The molecule has 0 aromatic heterocycles. The van der Waals surface area contributed by atoms with Crippen LogP contribution < -0.4 is 0 Å². The van der Waals surface area contributed by atoms with Gasteiger partial charge in [-0.3, -0.25) is 4.79 Å². The lowest BCUT2D eigenvalue weighted by atomic mass is 10.3. The number of hydrogen-bond acceptors (Lipinski definition) is 3. The Labute approximate surface area is 98.8 Å². The van der Waals surface area contributed by atoms with Crippen molar-refractivity contribution in [2.45, 2.75) is 23.5 Å². The van der Waals surface area contributed by atoms with Gasteiger partial charge in [0.05, 0.1) is 16.6 Å². The van der Waals surface area contributed by atoms with Crippen LogP contribution in [-0.2, 0) is 14.6 Å². The Hall–Kier alpha value is -1.07. The Morgan fingerprint density at radius 1 is 1.38 bits per heavy atom. The molecule has 88 valence electrons. The molecule has 1 rings (SSSR count). The van der Waals surface area contributed by atoms with Gasteiger partial charge in [-0.1, -0.05) is 11.6 Å². The van der Waals surface area contributed by atoms with Crippen LogP contribution in [0.15, 0.2) is 29.2 Å². The molecule has 16 heavy (non-hydrogen) atoms. The standard InChI is InChI=1S/C10H11ClO4S/c1-7(6-10(12)13)16(14,15)9-4-2-8(11)3-5-9/h2-5,7H,6H2,1H3,(H,12,13)/t7-/m0/s1. The van der Waals surface area contributed by atoms with E-state index in [1.165, 1.54) is 31.2 Å². The van der Waals surface area contributed by atoms with E-state index in [-0.39, 0.29) is 4.90 Å². The summed E-state index contributed by atoms with van der Waals surface area (Å²) in [5.41, 5.74) is 0. The van der Waals surface area contributed by atoms with Gasteiger partial charge >= 0.3 is 5.97 Å². The summed E-state index contributed by atoms with van der Waals surface area (Å²) < 4.78 is 23.7. The van der Waals surface area contributed by atoms with E-state index in [4.69, 9.17) is 16.7 Å². The minimum atomic E-state index is -3.59. The molecule has 1 aromatic rings. The zero-order chi connectivity index (χ0) is 12.3. The summed E-state index contributed by atoms with van der Waals surface area (Å²) in [6.45, 7) is 1.37. The molecule has 0 radical (unpaired) electrons. The molecule has 6 heteroatoms. The molecular formula is C10H11ClO4S. The maximum atomic E-state index is 11.9. The Bertz CT molecular complexity index is 478. The lowest BCUT2D eigenvalue weighted by molar-refractivity contribution is -0.136. The number of carbonyl (C=O) groups is 1. The zero-order valence-corrected chi connectivity index (χ0v) is 10.1. The molecule has 0 saturated carbocycles. The first-order valence-electron chi connectivity index (χ1n) is 4.55. The highest BCUT2D eigenvalue weighted by Crippen LogP contribution is 2.20. The third kappa shape index (κ3) is 2.96. The van der Waals surface area contributed by atoms with Crippen molar-refractivity contribution in [3.8, 4) is 0 Å². The number of hydrogen-bond donors (Lipinski definition) is 1. The van der Waals surface area contributed by atoms with Crippen LogP contribution in [0.3, 0.4) is 0 Å². The summed E-state index contributed by atoms with van der Waals surface area (Å²) in [4.78, 5) is 10.5. The number of rotatable bonds is 4. The van der Waals surface area contributed by atoms with Crippen molar-refractivity contribution in [3.63, 3.8) is 0 Å². The number of carboxylic acid groups (broad SMARTS) is 1. The first-order chi connectivity index (χ1) is 7.34. The van der Waals surface area contributed by atoms with E-state index in [9.17, 15) is 13.2 Å². The van der Waals surface area contributed by atoms with Gasteiger partial charge in [0.25, 0.3) is 0 Å². The van der Waals surface area contributed by atoms with Crippen LogP contribution >= 0.6 is 11.6 Å². The first-order valence-corrected chi connectivity index (χ1v) is 6.47. The van der Waals surface area contributed by atoms with Crippen LogP contribution in [0.25, 0.3) is 0 Å². The van der Waals surface area contributed by atoms with E-state index in [0.29, 0.717) is 5.02 Å². The Balaban J connectivity index is 3.02. The summed E-state index contributed by atoms with van der Waals surface area (Å²) in [5.74, 6) is -1.13. The van der Waals surface area contributed by atoms with Crippen molar-refractivity contribution < 1.29 is 18.3 Å². The summed E-state index contributed by atoms with van der Waals surface area (Å²) in [5, 5.41) is 8.04. The monoisotopic (exact) mass is 262 g/mol. The molecule has 1 N–H and O–H groups in total. The van der Waals surface area contributed by atoms with E-state index in [1.807, 2.05) is 0 Å². The predicted molar refractivity (Wildman–Crippen MR) is 60.4 cm³/mol. The molecule has 0 unspecified atom stereocenters. The van der Waals surface area contributed by atoms with Gasteiger partial charge in [-0.25, -0.2) is 8.42 Å². The van der Waals surface area contributed by atoms with Gasteiger partial charge in [-0.05, 0) is 31.2 Å². The van der Waals surface area contributed by atoms with E-state index < -0.39 is 27.5 Å². The first kappa shape index (κ1) is 13.0.